The van der Waals surface area contributed by atoms with Crippen molar-refractivity contribution in [3.05, 3.63) is 35.2 Å². The Balaban J connectivity index is 1.69. The van der Waals surface area contributed by atoms with Crippen LogP contribution in [-0.4, -0.2) is 51.0 Å². The molecular weight excluding hydrogens is 408 g/mol. The summed E-state index contributed by atoms with van der Waals surface area (Å²) >= 11 is 1.46. The van der Waals surface area contributed by atoms with E-state index in [9.17, 15) is 9.59 Å². The molecule has 0 radical (unpaired) electrons. The zero-order valence-corrected chi connectivity index (χ0v) is 18.1. The summed E-state index contributed by atoms with van der Waals surface area (Å²) in [5.41, 5.74) is 0.379. The Kier molecular flexibility index (Phi) is 7.40. The molecular formula is C21H26N2O6S. The van der Waals surface area contributed by atoms with Crippen molar-refractivity contribution in [1.29, 1.82) is 0 Å². The minimum atomic E-state index is -0.427. The number of hydrogen-bond acceptors (Lipinski definition) is 7. The number of carbonyl (C=O) groups excluding carboxylic acids is 2. The van der Waals surface area contributed by atoms with Crippen LogP contribution >= 0.6 is 11.3 Å². The van der Waals surface area contributed by atoms with Gasteiger partial charge in [-0.2, -0.15) is 0 Å². The van der Waals surface area contributed by atoms with E-state index in [1.54, 1.807) is 17.0 Å². The molecule has 2 aromatic rings. The first-order valence-electron chi connectivity index (χ1n) is 9.93. The molecule has 0 saturated carbocycles. The topological polar surface area (TPSA) is 86.3 Å². The highest BCUT2D eigenvalue weighted by Crippen LogP contribution is 2.39. The lowest BCUT2D eigenvalue weighted by Gasteiger charge is -2.17. The number of anilines is 1. The summed E-state index contributed by atoms with van der Waals surface area (Å²) in [6.07, 6.45) is -0.834. The minimum absolute atomic E-state index is 0.202. The summed E-state index contributed by atoms with van der Waals surface area (Å²) in [7, 11) is 0. The zero-order chi connectivity index (χ0) is 21.5. The molecule has 1 atom stereocenters. The third-order valence-electron chi connectivity index (χ3n) is 4.31. The Morgan fingerprint density at radius 2 is 1.83 bits per heavy atom. The van der Waals surface area contributed by atoms with Crippen molar-refractivity contribution in [1.82, 2.24) is 5.32 Å². The Bertz CT molecular complexity index is 843. The van der Waals surface area contributed by atoms with E-state index >= 15 is 0 Å². The van der Waals surface area contributed by atoms with Gasteiger partial charge in [0.25, 0.3) is 5.91 Å². The molecule has 30 heavy (non-hydrogen) atoms. The van der Waals surface area contributed by atoms with Crippen molar-refractivity contribution < 1.29 is 28.5 Å². The lowest BCUT2D eigenvalue weighted by atomic mass is 10.1. The first-order valence-corrected chi connectivity index (χ1v) is 10.8. The van der Waals surface area contributed by atoms with Crippen LogP contribution in [0.5, 0.6) is 17.2 Å². The molecule has 1 N–H and O–H groups in total. The number of thiophene rings is 1. The molecule has 1 fully saturated rings. The number of nitrogens with zero attached hydrogens (tertiary/aromatic N) is 1. The van der Waals surface area contributed by atoms with Crippen LogP contribution in [0, 0.1) is 0 Å². The highest BCUT2D eigenvalue weighted by Gasteiger charge is 2.33. The minimum Gasteiger partial charge on any atom is -0.490 e. The molecule has 3 rings (SSSR count). The summed E-state index contributed by atoms with van der Waals surface area (Å²) in [4.78, 5) is 26.4. The van der Waals surface area contributed by atoms with Gasteiger partial charge in [-0.1, -0.05) is 0 Å². The molecule has 1 aromatic carbocycles. The maximum atomic E-state index is 12.8. The van der Waals surface area contributed by atoms with Gasteiger partial charge in [0.1, 0.15) is 11.1 Å². The zero-order valence-electron chi connectivity index (χ0n) is 17.3. The van der Waals surface area contributed by atoms with Gasteiger partial charge in [-0.25, -0.2) is 4.79 Å². The SMILES string of the molecule is CCOc1cc(C(=O)NCC2CN(c3cccs3)C(=O)O2)cc(OCC)c1OCC. The van der Waals surface area contributed by atoms with Crippen molar-refractivity contribution in [2.45, 2.75) is 26.9 Å². The van der Waals surface area contributed by atoms with Gasteiger partial charge >= 0.3 is 6.09 Å². The van der Waals surface area contributed by atoms with Gasteiger partial charge in [-0.3, -0.25) is 9.69 Å². The van der Waals surface area contributed by atoms with Gasteiger partial charge in [0.2, 0.25) is 5.75 Å². The van der Waals surface area contributed by atoms with Crippen molar-refractivity contribution in [3.8, 4) is 17.2 Å². The summed E-state index contributed by atoms with van der Waals surface area (Å²) in [6, 6.07) is 6.99. The van der Waals surface area contributed by atoms with E-state index in [0.717, 1.165) is 5.00 Å². The van der Waals surface area contributed by atoms with Crippen molar-refractivity contribution >= 4 is 28.3 Å². The van der Waals surface area contributed by atoms with Crippen LogP contribution in [0.25, 0.3) is 0 Å². The van der Waals surface area contributed by atoms with Crippen LogP contribution < -0.4 is 24.4 Å². The molecule has 2 amide bonds. The second kappa shape index (κ2) is 10.2. The second-order valence-corrected chi connectivity index (χ2v) is 7.30. The van der Waals surface area contributed by atoms with Gasteiger partial charge in [0.15, 0.2) is 11.5 Å². The number of carbonyl (C=O) groups is 2. The summed E-state index contributed by atoms with van der Waals surface area (Å²) < 4.78 is 22.3. The van der Waals surface area contributed by atoms with Crippen LogP contribution in [0.2, 0.25) is 0 Å². The lowest BCUT2D eigenvalue weighted by Crippen LogP contribution is -2.34. The maximum absolute atomic E-state index is 12.8. The highest BCUT2D eigenvalue weighted by molar-refractivity contribution is 7.14. The molecule has 1 aliphatic rings. The van der Waals surface area contributed by atoms with Crippen LogP contribution in [0.15, 0.2) is 29.6 Å². The molecule has 1 aromatic heterocycles. The molecule has 1 unspecified atom stereocenters. The van der Waals surface area contributed by atoms with Gasteiger partial charge in [0, 0.05) is 5.56 Å². The number of cyclic esters (lactones) is 1. The lowest BCUT2D eigenvalue weighted by molar-refractivity contribution is 0.0915. The molecule has 1 aliphatic heterocycles. The van der Waals surface area contributed by atoms with Gasteiger partial charge in [-0.15, -0.1) is 11.3 Å². The fraction of sp³-hybridized carbons (Fsp3) is 0.429. The Morgan fingerprint density at radius 1 is 1.17 bits per heavy atom. The van der Waals surface area contributed by atoms with E-state index in [-0.39, 0.29) is 12.5 Å². The molecule has 8 nitrogen and oxygen atoms in total. The third kappa shape index (κ3) is 4.96. The number of ether oxygens (including phenoxy) is 4. The van der Waals surface area contributed by atoms with Crippen molar-refractivity contribution in [2.75, 3.05) is 37.8 Å². The third-order valence-corrected chi connectivity index (χ3v) is 5.20. The van der Waals surface area contributed by atoms with Crippen LogP contribution in [0.3, 0.4) is 0 Å². The van der Waals surface area contributed by atoms with E-state index in [0.29, 0.717) is 49.2 Å². The van der Waals surface area contributed by atoms with Gasteiger partial charge < -0.3 is 24.3 Å². The predicted molar refractivity (Wildman–Crippen MR) is 114 cm³/mol. The van der Waals surface area contributed by atoms with Crippen molar-refractivity contribution in [2.24, 2.45) is 0 Å². The largest absolute Gasteiger partial charge is 0.490 e. The smallest absolute Gasteiger partial charge is 0.415 e. The van der Waals surface area contributed by atoms with Crippen LogP contribution in [0.1, 0.15) is 31.1 Å². The first-order chi connectivity index (χ1) is 14.6. The molecule has 9 heteroatoms. The second-order valence-electron chi connectivity index (χ2n) is 6.38. The highest BCUT2D eigenvalue weighted by atomic mass is 32.1. The number of nitrogens with one attached hydrogen (secondary N) is 1. The summed E-state index contributed by atoms with van der Waals surface area (Å²) in [5.74, 6) is 1.07. The Morgan fingerprint density at radius 3 is 2.40 bits per heavy atom. The standard InChI is InChI=1S/C21H26N2O6S/c1-4-26-16-10-14(11-17(27-5-2)19(16)28-6-3)20(24)22-12-15-13-23(21(25)29-15)18-8-7-9-30-18/h7-11,15H,4-6,12-13H2,1-3H3,(H,22,24). The fourth-order valence-electron chi connectivity index (χ4n) is 3.06. The molecule has 2 heterocycles. The fourth-order valence-corrected chi connectivity index (χ4v) is 3.79. The molecule has 0 bridgehead atoms. The first kappa shape index (κ1) is 21.8. The van der Waals surface area contributed by atoms with E-state index in [4.69, 9.17) is 18.9 Å². The molecule has 0 spiro atoms. The Labute approximate surface area is 179 Å². The molecule has 0 aliphatic carbocycles. The van der Waals surface area contributed by atoms with E-state index in [1.165, 1.54) is 11.3 Å². The Hall–Kier alpha value is -2.94. The summed E-state index contributed by atoms with van der Waals surface area (Å²) in [5, 5.41) is 5.55. The number of amides is 2. The number of rotatable bonds is 10. The molecule has 162 valence electrons. The van der Waals surface area contributed by atoms with Gasteiger partial charge in [0.05, 0.1) is 32.9 Å². The normalized spacial score (nSPS) is 15.6. The quantitative estimate of drug-likeness (QED) is 0.614. The predicted octanol–water partition coefficient (Wildman–Crippen LogP) is 3.70. The molecule has 1 saturated heterocycles. The van der Waals surface area contributed by atoms with Crippen molar-refractivity contribution in [3.63, 3.8) is 0 Å². The number of benzene rings is 1. The maximum Gasteiger partial charge on any atom is 0.415 e. The number of hydrogen-bond donors (Lipinski definition) is 1. The van der Waals surface area contributed by atoms with Gasteiger partial charge in [-0.05, 0) is 50.4 Å². The summed E-state index contributed by atoms with van der Waals surface area (Å²) in [6.45, 7) is 7.46. The van der Waals surface area contributed by atoms with E-state index in [2.05, 4.69) is 5.32 Å². The average molecular weight is 435 g/mol. The van der Waals surface area contributed by atoms with Crippen LogP contribution in [0.4, 0.5) is 9.80 Å². The average Bonchev–Trinajstić information content (AvgIpc) is 3.38. The van der Waals surface area contributed by atoms with Crippen LogP contribution in [-0.2, 0) is 4.74 Å². The van der Waals surface area contributed by atoms with E-state index < -0.39 is 12.2 Å². The monoisotopic (exact) mass is 434 g/mol. The van der Waals surface area contributed by atoms with E-state index in [1.807, 2.05) is 38.3 Å².